The smallest absolute Gasteiger partial charge is 0.303 e. The first-order chi connectivity index (χ1) is 11.5. The topological polar surface area (TPSA) is 158 Å². The maximum atomic E-state index is 10.2. The van der Waals surface area contributed by atoms with Gasteiger partial charge in [0.05, 0.1) is 13.2 Å². The molecule has 0 aliphatic rings. The SMILES string of the molecule is NC=O.O=C(O)CCCCCCCCCCCC(=O)O.OCCO. The van der Waals surface area contributed by atoms with Gasteiger partial charge in [0.25, 0.3) is 0 Å². The highest BCUT2D eigenvalue weighted by atomic mass is 16.4. The van der Waals surface area contributed by atoms with Gasteiger partial charge < -0.3 is 26.2 Å². The molecule has 0 radical (unpaired) electrons. The van der Waals surface area contributed by atoms with Crippen molar-refractivity contribution in [2.45, 2.75) is 70.6 Å². The zero-order valence-electron chi connectivity index (χ0n) is 14.4. The Hall–Kier alpha value is -1.67. The van der Waals surface area contributed by atoms with Crippen LogP contribution in [0.15, 0.2) is 0 Å². The maximum absolute atomic E-state index is 10.2. The highest BCUT2D eigenvalue weighted by molar-refractivity contribution is 5.66. The van der Waals surface area contributed by atoms with Crippen LogP contribution in [0, 0.1) is 0 Å². The Labute approximate surface area is 143 Å². The van der Waals surface area contributed by atoms with E-state index >= 15 is 0 Å². The molecule has 0 aliphatic heterocycles. The molecular formula is C16H33NO7. The van der Waals surface area contributed by atoms with Crippen LogP contribution in [0.5, 0.6) is 0 Å². The van der Waals surface area contributed by atoms with E-state index in [-0.39, 0.29) is 32.5 Å². The normalized spacial score (nSPS) is 9.08. The molecule has 0 aromatic heterocycles. The molecule has 0 aliphatic carbocycles. The van der Waals surface area contributed by atoms with Gasteiger partial charge in [0.15, 0.2) is 0 Å². The molecule has 0 aromatic rings. The van der Waals surface area contributed by atoms with Gasteiger partial charge in [0, 0.05) is 12.8 Å². The average molecular weight is 351 g/mol. The summed E-state index contributed by atoms with van der Waals surface area (Å²) in [6, 6.07) is 0. The van der Waals surface area contributed by atoms with Gasteiger partial charge in [-0.25, -0.2) is 0 Å². The minimum Gasteiger partial charge on any atom is -0.481 e. The first kappa shape index (κ1) is 27.2. The zero-order valence-corrected chi connectivity index (χ0v) is 14.4. The minimum atomic E-state index is -0.705. The molecule has 144 valence electrons. The Morgan fingerprint density at radius 2 is 0.875 bits per heavy atom. The monoisotopic (exact) mass is 351 g/mol. The Morgan fingerprint density at radius 3 is 1.04 bits per heavy atom. The molecule has 0 bridgehead atoms. The Balaban J connectivity index is -0.000000531. The van der Waals surface area contributed by atoms with Gasteiger partial charge in [-0.2, -0.15) is 0 Å². The first-order valence-corrected chi connectivity index (χ1v) is 8.26. The molecule has 0 atom stereocenters. The lowest BCUT2D eigenvalue weighted by Gasteiger charge is -2.01. The predicted molar refractivity (Wildman–Crippen MR) is 90.5 cm³/mol. The van der Waals surface area contributed by atoms with Crippen molar-refractivity contribution in [3.05, 3.63) is 0 Å². The third-order valence-electron chi connectivity index (χ3n) is 2.88. The van der Waals surface area contributed by atoms with E-state index in [4.69, 9.17) is 25.2 Å². The molecule has 0 heterocycles. The fourth-order valence-electron chi connectivity index (χ4n) is 1.79. The summed E-state index contributed by atoms with van der Waals surface area (Å²) in [4.78, 5) is 29.1. The maximum Gasteiger partial charge on any atom is 0.303 e. The van der Waals surface area contributed by atoms with Crippen molar-refractivity contribution in [3.63, 3.8) is 0 Å². The van der Waals surface area contributed by atoms with Crippen molar-refractivity contribution in [1.29, 1.82) is 0 Å². The van der Waals surface area contributed by atoms with Gasteiger partial charge in [0.2, 0.25) is 6.41 Å². The van der Waals surface area contributed by atoms with Crippen LogP contribution in [0.1, 0.15) is 70.6 Å². The summed E-state index contributed by atoms with van der Waals surface area (Å²) in [5, 5.41) is 32.1. The molecule has 0 unspecified atom stereocenters. The van der Waals surface area contributed by atoms with Gasteiger partial charge in [0.1, 0.15) is 0 Å². The van der Waals surface area contributed by atoms with Crippen molar-refractivity contribution in [2.24, 2.45) is 5.73 Å². The van der Waals surface area contributed by atoms with E-state index in [0.29, 0.717) is 0 Å². The number of carboxylic acids is 2. The van der Waals surface area contributed by atoms with Crippen LogP contribution in [0.2, 0.25) is 0 Å². The second-order valence-electron chi connectivity index (χ2n) is 5.05. The summed E-state index contributed by atoms with van der Waals surface area (Å²) in [5.41, 5.74) is 4.17. The minimum absolute atomic E-state index is 0.125. The number of aliphatic carboxylic acids is 2. The lowest BCUT2D eigenvalue weighted by atomic mass is 10.1. The van der Waals surface area contributed by atoms with Gasteiger partial charge >= 0.3 is 11.9 Å². The molecule has 6 N–H and O–H groups in total. The van der Waals surface area contributed by atoms with E-state index in [2.05, 4.69) is 5.73 Å². The number of amides is 1. The van der Waals surface area contributed by atoms with E-state index in [9.17, 15) is 9.59 Å². The number of nitrogens with two attached hydrogens (primary N) is 1. The molecule has 8 heteroatoms. The van der Waals surface area contributed by atoms with Crippen LogP contribution in [-0.2, 0) is 14.4 Å². The van der Waals surface area contributed by atoms with Gasteiger partial charge in [-0.3, -0.25) is 14.4 Å². The molecule has 1 amide bonds. The molecular weight excluding hydrogens is 318 g/mol. The fourth-order valence-corrected chi connectivity index (χ4v) is 1.79. The molecule has 0 saturated heterocycles. The number of carboxylic acid groups (broad SMARTS) is 2. The van der Waals surface area contributed by atoms with E-state index in [0.717, 1.165) is 38.5 Å². The van der Waals surface area contributed by atoms with Crippen LogP contribution >= 0.6 is 0 Å². The van der Waals surface area contributed by atoms with Crippen molar-refractivity contribution in [2.75, 3.05) is 13.2 Å². The number of hydrogen-bond acceptors (Lipinski definition) is 5. The van der Waals surface area contributed by atoms with E-state index in [1.54, 1.807) is 0 Å². The van der Waals surface area contributed by atoms with Crippen LogP contribution in [0.3, 0.4) is 0 Å². The number of unbranched alkanes of at least 4 members (excludes halogenated alkanes) is 8. The van der Waals surface area contributed by atoms with Crippen LogP contribution in [-0.4, -0.2) is 52.0 Å². The highest BCUT2D eigenvalue weighted by Gasteiger charge is 1.98. The number of aliphatic hydroxyl groups is 2. The number of carbonyl (C=O) groups is 3. The van der Waals surface area contributed by atoms with Crippen molar-refractivity contribution < 1.29 is 34.8 Å². The van der Waals surface area contributed by atoms with Crippen LogP contribution in [0.4, 0.5) is 0 Å². The molecule has 8 nitrogen and oxygen atoms in total. The van der Waals surface area contributed by atoms with Crippen molar-refractivity contribution >= 4 is 18.3 Å². The van der Waals surface area contributed by atoms with E-state index in [1.807, 2.05) is 0 Å². The van der Waals surface area contributed by atoms with E-state index in [1.165, 1.54) is 19.3 Å². The summed E-state index contributed by atoms with van der Waals surface area (Å²) >= 11 is 0. The number of primary amides is 1. The Bertz CT molecular complexity index is 262. The molecule has 0 saturated carbocycles. The van der Waals surface area contributed by atoms with Gasteiger partial charge in [-0.15, -0.1) is 0 Å². The molecule has 0 aromatic carbocycles. The largest absolute Gasteiger partial charge is 0.481 e. The second kappa shape index (κ2) is 26.2. The number of hydrogen-bond donors (Lipinski definition) is 5. The molecule has 0 rings (SSSR count). The molecule has 0 spiro atoms. The van der Waals surface area contributed by atoms with Crippen molar-refractivity contribution in [1.82, 2.24) is 0 Å². The predicted octanol–water partition coefficient (Wildman–Crippen LogP) is 1.52. The average Bonchev–Trinajstić information content (AvgIpc) is 2.53. The van der Waals surface area contributed by atoms with Crippen LogP contribution in [0.25, 0.3) is 0 Å². The molecule has 0 fully saturated rings. The Morgan fingerprint density at radius 1 is 0.667 bits per heavy atom. The van der Waals surface area contributed by atoms with Gasteiger partial charge in [-0.1, -0.05) is 44.9 Å². The zero-order chi connectivity index (χ0) is 19.1. The standard InChI is InChI=1S/C13H24O4.C2H6O2.CH3NO/c14-12(15)10-8-6-4-2-1-3-5-7-9-11-13(16)17;3-1-2-4;2-1-3/h1-11H2,(H,14,15)(H,16,17);3-4H,1-2H2;1H,(H2,2,3). The Kier molecular flexibility index (Phi) is 29.7. The summed E-state index contributed by atoms with van der Waals surface area (Å²) in [6.07, 6.45) is 10.1. The lowest BCUT2D eigenvalue weighted by molar-refractivity contribution is -0.138. The van der Waals surface area contributed by atoms with Crippen molar-refractivity contribution in [3.8, 4) is 0 Å². The summed E-state index contributed by atoms with van der Waals surface area (Å²) in [6.45, 7) is -0.250. The third-order valence-corrected chi connectivity index (χ3v) is 2.88. The number of aliphatic hydroxyl groups excluding tert-OH is 2. The quantitative estimate of drug-likeness (QED) is 0.248. The fraction of sp³-hybridized carbons (Fsp3) is 0.812. The van der Waals surface area contributed by atoms with Gasteiger partial charge in [-0.05, 0) is 12.8 Å². The summed E-state index contributed by atoms with van der Waals surface area (Å²) < 4.78 is 0. The summed E-state index contributed by atoms with van der Waals surface area (Å²) in [5.74, 6) is -1.41. The van der Waals surface area contributed by atoms with E-state index < -0.39 is 11.9 Å². The third kappa shape index (κ3) is 42.8. The van der Waals surface area contributed by atoms with Crippen LogP contribution < -0.4 is 5.73 Å². The second-order valence-corrected chi connectivity index (χ2v) is 5.05. The number of rotatable bonds is 13. The first-order valence-electron chi connectivity index (χ1n) is 8.26. The lowest BCUT2D eigenvalue weighted by Crippen LogP contribution is -1.94. The summed E-state index contributed by atoms with van der Waals surface area (Å²) in [7, 11) is 0. The number of carbonyl (C=O) groups excluding carboxylic acids is 1. The highest BCUT2D eigenvalue weighted by Crippen LogP contribution is 2.11. The molecule has 24 heavy (non-hydrogen) atoms.